The second-order valence-corrected chi connectivity index (χ2v) is 14.1. The summed E-state index contributed by atoms with van der Waals surface area (Å²) in [7, 11) is -3.33. The Balaban J connectivity index is 1.22. The van der Waals surface area contributed by atoms with E-state index in [1.807, 2.05) is 24.3 Å². The van der Waals surface area contributed by atoms with E-state index in [1.165, 1.54) is 54.6 Å². The van der Waals surface area contributed by atoms with Gasteiger partial charge in [-0.1, -0.05) is 25.1 Å². The molecule has 3 aromatic carbocycles. The highest BCUT2D eigenvalue weighted by Crippen LogP contribution is 2.47. The number of amides is 1. The first kappa shape index (κ1) is 28.4. The second kappa shape index (κ2) is 11.9. The van der Waals surface area contributed by atoms with Crippen LogP contribution in [0, 0.1) is 17.2 Å². The number of nitrogens with one attached hydrogen (secondary N) is 1. The molecular weight excluding hydrogens is 546 g/mol. The monoisotopic (exact) mass is 583 g/mol. The quantitative estimate of drug-likeness (QED) is 0.265. The Morgan fingerprint density at radius 2 is 1.57 bits per heavy atom. The van der Waals surface area contributed by atoms with Gasteiger partial charge in [0.15, 0.2) is 9.84 Å². The number of hydrogen-bond acceptors (Lipinski definition) is 6. The van der Waals surface area contributed by atoms with Crippen LogP contribution in [0.4, 0.5) is 11.4 Å². The van der Waals surface area contributed by atoms with Gasteiger partial charge in [-0.05, 0) is 103 Å². The number of sulfone groups is 1. The van der Waals surface area contributed by atoms with Crippen molar-refractivity contribution in [2.75, 3.05) is 30.4 Å². The second-order valence-electron chi connectivity index (χ2n) is 11.8. The minimum Gasteiger partial charge on any atom is -0.381 e. The molecule has 1 N–H and O–H groups in total. The third-order valence-electron chi connectivity index (χ3n) is 8.58. The summed E-state index contributed by atoms with van der Waals surface area (Å²) >= 11 is 0. The largest absolute Gasteiger partial charge is 0.381 e. The summed E-state index contributed by atoms with van der Waals surface area (Å²) in [5, 5.41) is 12.4. The maximum absolute atomic E-state index is 13.3. The molecule has 218 valence electrons. The van der Waals surface area contributed by atoms with E-state index >= 15 is 0 Å². The average Bonchev–Trinajstić information content (AvgIpc) is 3.90. The minimum absolute atomic E-state index is 0.0141. The molecule has 0 unspecified atom stereocenters. The normalized spacial score (nSPS) is 17.6. The minimum atomic E-state index is -3.33. The van der Waals surface area contributed by atoms with Crippen molar-refractivity contribution >= 4 is 27.1 Å². The molecule has 1 atom stereocenters. The molecule has 1 heterocycles. The van der Waals surface area contributed by atoms with Gasteiger partial charge in [-0.15, -0.1) is 0 Å². The topological polar surface area (TPSA) is 99.5 Å². The molecule has 1 aliphatic heterocycles. The smallest absolute Gasteiger partial charge is 0.251 e. The molecule has 7 nitrogen and oxygen atoms in total. The first-order valence-electron chi connectivity index (χ1n) is 15.0. The molecule has 6 rings (SSSR count). The number of nitrogens with zero attached hydrogens (tertiary/aromatic N) is 2. The van der Waals surface area contributed by atoms with Gasteiger partial charge in [-0.3, -0.25) is 4.79 Å². The van der Waals surface area contributed by atoms with Crippen molar-refractivity contribution in [2.45, 2.75) is 61.8 Å². The third-order valence-corrected chi connectivity index (χ3v) is 10.3. The summed E-state index contributed by atoms with van der Waals surface area (Å²) in [4.78, 5) is 15.9. The van der Waals surface area contributed by atoms with Crippen molar-refractivity contribution < 1.29 is 17.9 Å². The number of nitriles is 1. The third kappa shape index (κ3) is 6.38. The molecule has 0 spiro atoms. The van der Waals surface area contributed by atoms with Crippen LogP contribution in [0.5, 0.6) is 0 Å². The number of carbonyl (C=O) groups excluding carboxylic acids is 1. The van der Waals surface area contributed by atoms with Crippen molar-refractivity contribution in [2.24, 2.45) is 5.92 Å². The fourth-order valence-corrected chi connectivity index (χ4v) is 6.46. The van der Waals surface area contributed by atoms with E-state index in [0.29, 0.717) is 28.9 Å². The molecule has 1 amide bonds. The SMILES string of the molecule is CCS(=O)(=O)c1ccc([C@H](CC#N)NC(=O)c2ccc(N(CC3COC3)c3cc(C4CC4)cc(C4CC4)c3)cc2)cc1. The van der Waals surface area contributed by atoms with Gasteiger partial charge in [0.05, 0.1) is 42.4 Å². The number of benzene rings is 3. The van der Waals surface area contributed by atoms with Gasteiger partial charge in [0.25, 0.3) is 5.91 Å². The summed E-state index contributed by atoms with van der Waals surface area (Å²) in [5.41, 5.74) is 6.34. The zero-order valence-electron chi connectivity index (χ0n) is 24.0. The predicted octanol–water partition coefficient (Wildman–Crippen LogP) is 6.40. The number of anilines is 2. The number of rotatable bonds is 12. The van der Waals surface area contributed by atoms with E-state index in [0.717, 1.165) is 25.4 Å². The van der Waals surface area contributed by atoms with Gasteiger partial charge < -0.3 is 15.0 Å². The van der Waals surface area contributed by atoms with Crippen molar-refractivity contribution in [1.29, 1.82) is 5.26 Å². The van der Waals surface area contributed by atoms with E-state index in [1.54, 1.807) is 19.1 Å². The molecule has 1 saturated heterocycles. The van der Waals surface area contributed by atoms with Crippen molar-refractivity contribution in [3.05, 3.63) is 89.0 Å². The Bertz CT molecular complexity index is 1550. The highest BCUT2D eigenvalue weighted by atomic mass is 32.2. The Labute approximate surface area is 248 Å². The molecule has 2 saturated carbocycles. The van der Waals surface area contributed by atoms with Gasteiger partial charge in [0.1, 0.15) is 0 Å². The number of hydrogen-bond donors (Lipinski definition) is 1. The van der Waals surface area contributed by atoms with Crippen LogP contribution in [0.25, 0.3) is 0 Å². The fraction of sp³-hybridized carbons (Fsp3) is 0.412. The van der Waals surface area contributed by atoms with Crippen LogP contribution in [-0.2, 0) is 14.6 Å². The lowest BCUT2D eigenvalue weighted by molar-refractivity contribution is -0.0267. The molecule has 42 heavy (non-hydrogen) atoms. The lowest BCUT2D eigenvalue weighted by atomic mass is 10.00. The number of ether oxygens (including phenoxy) is 1. The summed E-state index contributed by atoms with van der Waals surface area (Å²) in [6.07, 6.45) is 5.14. The molecular formula is C34H37N3O4S. The molecule has 3 aliphatic rings. The Kier molecular flexibility index (Phi) is 8.06. The Morgan fingerprint density at radius 1 is 0.952 bits per heavy atom. The number of carbonyl (C=O) groups is 1. The van der Waals surface area contributed by atoms with Gasteiger partial charge in [-0.25, -0.2) is 8.42 Å². The van der Waals surface area contributed by atoms with Crippen molar-refractivity contribution in [3.8, 4) is 6.07 Å². The van der Waals surface area contributed by atoms with Crippen LogP contribution in [-0.4, -0.2) is 39.8 Å². The van der Waals surface area contributed by atoms with Crippen LogP contribution < -0.4 is 10.2 Å². The lowest BCUT2D eigenvalue weighted by Gasteiger charge is -2.34. The van der Waals surface area contributed by atoms with Gasteiger partial charge in [-0.2, -0.15) is 5.26 Å². The van der Waals surface area contributed by atoms with E-state index in [2.05, 4.69) is 34.5 Å². The first-order valence-corrected chi connectivity index (χ1v) is 16.6. The van der Waals surface area contributed by atoms with E-state index in [4.69, 9.17) is 4.74 Å². The molecule has 0 bridgehead atoms. The van der Waals surface area contributed by atoms with E-state index in [-0.39, 0.29) is 23.0 Å². The Morgan fingerprint density at radius 3 is 2.07 bits per heavy atom. The van der Waals surface area contributed by atoms with Crippen LogP contribution in [0.15, 0.2) is 71.6 Å². The molecule has 8 heteroatoms. The highest BCUT2D eigenvalue weighted by Gasteiger charge is 2.30. The summed E-state index contributed by atoms with van der Waals surface area (Å²) in [5.74, 6) is 1.55. The molecule has 3 fully saturated rings. The predicted molar refractivity (Wildman–Crippen MR) is 163 cm³/mol. The molecule has 0 radical (unpaired) electrons. The molecule has 0 aromatic heterocycles. The Hall–Kier alpha value is -3.67. The van der Waals surface area contributed by atoms with Crippen LogP contribution in [0.3, 0.4) is 0 Å². The first-order chi connectivity index (χ1) is 20.3. The maximum Gasteiger partial charge on any atom is 0.251 e. The van der Waals surface area contributed by atoms with Gasteiger partial charge >= 0.3 is 0 Å². The average molecular weight is 584 g/mol. The van der Waals surface area contributed by atoms with Crippen LogP contribution in [0.1, 0.15) is 84.0 Å². The van der Waals surface area contributed by atoms with E-state index < -0.39 is 15.9 Å². The maximum atomic E-state index is 13.3. The summed E-state index contributed by atoms with van der Waals surface area (Å²) in [6, 6.07) is 22.8. The van der Waals surface area contributed by atoms with Crippen LogP contribution >= 0.6 is 0 Å². The summed E-state index contributed by atoms with van der Waals surface area (Å²) < 4.78 is 29.9. The van der Waals surface area contributed by atoms with Gasteiger partial charge in [0, 0.05) is 29.4 Å². The lowest BCUT2D eigenvalue weighted by Crippen LogP contribution is -2.37. The van der Waals surface area contributed by atoms with Crippen molar-refractivity contribution in [3.63, 3.8) is 0 Å². The molecule has 3 aromatic rings. The van der Waals surface area contributed by atoms with Crippen LogP contribution in [0.2, 0.25) is 0 Å². The summed E-state index contributed by atoms with van der Waals surface area (Å²) in [6.45, 7) is 3.99. The van der Waals surface area contributed by atoms with Crippen molar-refractivity contribution in [1.82, 2.24) is 5.32 Å². The highest BCUT2D eigenvalue weighted by molar-refractivity contribution is 7.91. The van der Waals surface area contributed by atoms with Gasteiger partial charge in [0.2, 0.25) is 0 Å². The standard InChI is InChI=1S/C34H37N3O4S/c1-2-42(39,40)32-13-9-26(10-14-32)33(15-16-35)36-34(38)27-7-11-30(12-8-27)37(20-23-21-41-22-23)31-18-28(24-3-4-24)17-29(19-31)25-5-6-25/h7-14,17-19,23-25,33H,2-6,15,20-22H2,1H3,(H,36,38)/t33-/m0/s1. The van der Waals surface area contributed by atoms with E-state index in [9.17, 15) is 18.5 Å². The zero-order valence-corrected chi connectivity index (χ0v) is 24.8. The molecule has 2 aliphatic carbocycles. The fourth-order valence-electron chi connectivity index (χ4n) is 5.58. The zero-order chi connectivity index (χ0) is 29.3.